The van der Waals surface area contributed by atoms with Gasteiger partial charge in [-0.25, -0.2) is 4.39 Å². The van der Waals surface area contributed by atoms with E-state index in [1.165, 1.54) is 6.07 Å². The minimum atomic E-state index is -0.325. The van der Waals surface area contributed by atoms with Crippen LogP contribution in [0.2, 0.25) is 0 Å². The molecule has 2 fully saturated rings. The molecule has 2 aliphatic heterocycles. The molecular formula is C15H20FNO2S. The Hall–Kier alpha value is -0.780. The second-order valence-corrected chi connectivity index (χ2v) is 6.60. The summed E-state index contributed by atoms with van der Waals surface area (Å²) in [6.07, 6.45) is 2.74. The van der Waals surface area contributed by atoms with E-state index >= 15 is 0 Å². The number of rotatable bonds is 3. The van der Waals surface area contributed by atoms with Crippen molar-refractivity contribution < 1.29 is 13.9 Å². The van der Waals surface area contributed by atoms with Crippen LogP contribution in [0.5, 0.6) is 5.75 Å². The summed E-state index contributed by atoms with van der Waals surface area (Å²) in [7, 11) is 0. The van der Waals surface area contributed by atoms with Crippen molar-refractivity contribution in [3.05, 3.63) is 29.6 Å². The zero-order valence-corrected chi connectivity index (χ0v) is 12.3. The SMILES string of the molecule is NCc1cccc(F)c1OC1CCOC2(CCSC2)C1. The van der Waals surface area contributed by atoms with Crippen molar-refractivity contribution in [2.24, 2.45) is 5.73 Å². The van der Waals surface area contributed by atoms with Crippen LogP contribution in [0.1, 0.15) is 24.8 Å². The highest BCUT2D eigenvalue weighted by Gasteiger charge is 2.41. The molecular weight excluding hydrogens is 277 g/mol. The lowest BCUT2D eigenvalue weighted by Crippen LogP contribution is -2.44. The van der Waals surface area contributed by atoms with Gasteiger partial charge in [-0.05, 0) is 18.2 Å². The second kappa shape index (κ2) is 5.92. The van der Waals surface area contributed by atoms with Gasteiger partial charge in [0.2, 0.25) is 0 Å². The van der Waals surface area contributed by atoms with Crippen molar-refractivity contribution >= 4 is 11.8 Å². The molecule has 2 unspecified atom stereocenters. The Kier molecular flexibility index (Phi) is 4.19. The van der Waals surface area contributed by atoms with Gasteiger partial charge in [-0.3, -0.25) is 0 Å². The van der Waals surface area contributed by atoms with Crippen molar-refractivity contribution in [2.75, 3.05) is 18.1 Å². The number of halogens is 1. The number of ether oxygens (including phenoxy) is 2. The number of thioether (sulfide) groups is 1. The molecule has 3 nitrogen and oxygen atoms in total. The summed E-state index contributed by atoms with van der Waals surface area (Å²) in [5, 5.41) is 0. The molecule has 0 radical (unpaired) electrons. The van der Waals surface area contributed by atoms with E-state index < -0.39 is 0 Å². The van der Waals surface area contributed by atoms with Gasteiger partial charge >= 0.3 is 0 Å². The maximum absolute atomic E-state index is 13.9. The van der Waals surface area contributed by atoms with Gasteiger partial charge in [-0.15, -0.1) is 0 Å². The van der Waals surface area contributed by atoms with Crippen LogP contribution in [-0.4, -0.2) is 29.8 Å². The molecule has 0 amide bonds. The number of nitrogens with two attached hydrogens (primary N) is 1. The molecule has 1 aromatic carbocycles. The fourth-order valence-corrected chi connectivity index (χ4v) is 4.34. The fraction of sp³-hybridized carbons (Fsp3) is 0.600. The van der Waals surface area contributed by atoms with E-state index in [9.17, 15) is 4.39 Å². The van der Waals surface area contributed by atoms with Crippen molar-refractivity contribution in [2.45, 2.75) is 37.5 Å². The molecule has 20 heavy (non-hydrogen) atoms. The monoisotopic (exact) mass is 297 g/mol. The van der Waals surface area contributed by atoms with Crippen LogP contribution < -0.4 is 10.5 Å². The summed E-state index contributed by atoms with van der Waals surface area (Å²) in [4.78, 5) is 0. The number of benzene rings is 1. The summed E-state index contributed by atoms with van der Waals surface area (Å²) in [6, 6.07) is 4.91. The summed E-state index contributed by atoms with van der Waals surface area (Å²) in [6.45, 7) is 0.981. The highest BCUT2D eigenvalue weighted by atomic mass is 32.2. The van der Waals surface area contributed by atoms with Gasteiger partial charge in [0.25, 0.3) is 0 Å². The number of hydrogen-bond acceptors (Lipinski definition) is 4. The number of para-hydroxylation sites is 1. The molecule has 1 aromatic rings. The van der Waals surface area contributed by atoms with E-state index in [1.54, 1.807) is 6.07 Å². The first-order chi connectivity index (χ1) is 9.72. The lowest BCUT2D eigenvalue weighted by atomic mass is 9.91. The molecule has 3 rings (SSSR count). The normalized spacial score (nSPS) is 29.8. The average Bonchev–Trinajstić information content (AvgIpc) is 2.89. The molecule has 0 aromatic heterocycles. The second-order valence-electron chi connectivity index (χ2n) is 5.50. The van der Waals surface area contributed by atoms with Gasteiger partial charge in [0.15, 0.2) is 11.6 Å². The smallest absolute Gasteiger partial charge is 0.165 e. The minimum absolute atomic E-state index is 0.0182. The topological polar surface area (TPSA) is 44.5 Å². The lowest BCUT2D eigenvalue weighted by molar-refractivity contribution is -0.0965. The predicted octanol–water partition coefficient (Wildman–Crippen LogP) is 2.72. The predicted molar refractivity (Wildman–Crippen MR) is 78.6 cm³/mol. The van der Waals surface area contributed by atoms with Gasteiger partial charge in [-0.2, -0.15) is 11.8 Å². The molecule has 0 saturated carbocycles. The number of hydrogen-bond donors (Lipinski definition) is 1. The van der Waals surface area contributed by atoms with E-state index in [1.807, 2.05) is 17.8 Å². The van der Waals surface area contributed by atoms with Crippen molar-refractivity contribution in [3.63, 3.8) is 0 Å². The Morgan fingerprint density at radius 3 is 3.15 bits per heavy atom. The molecule has 0 bridgehead atoms. The van der Waals surface area contributed by atoms with Crippen LogP contribution in [0.4, 0.5) is 4.39 Å². The Morgan fingerprint density at radius 1 is 1.50 bits per heavy atom. The zero-order valence-electron chi connectivity index (χ0n) is 11.4. The average molecular weight is 297 g/mol. The molecule has 1 spiro atoms. The Bertz CT molecular complexity index is 477. The third-order valence-corrected chi connectivity index (χ3v) is 5.29. The van der Waals surface area contributed by atoms with Crippen LogP contribution in [0, 0.1) is 5.82 Å². The van der Waals surface area contributed by atoms with E-state index in [0.29, 0.717) is 12.4 Å². The van der Waals surface area contributed by atoms with E-state index in [2.05, 4.69) is 0 Å². The van der Waals surface area contributed by atoms with E-state index in [-0.39, 0.29) is 24.1 Å². The molecule has 5 heteroatoms. The molecule has 2 aliphatic rings. The third kappa shape index (κ3) is 2.80. The highest BCUT2D eigenvalue weighted by molar-refractivity contribution is 7.99. The molecule has 2 saturated heterocycles. The van der Waals surface area contributed by atoms with Crippen LogP contribution >= 0.6 is 11.8 Å². The summed E-state index contributed by atoms with van der Waals surface area (Å²) in [5.41, 5.74) is 6.34. The summed E-state index contributed by atoms with van der Waals surface area (Å²) in [5.74, 6) is 2.16. The fourth-order valence-electron chi connectivity index (χ4n) is 2.96. The first kappa shape index (κ1) is 14.2. The zero-order chi connectivity index (χ0) is 14.0. The van der Waals surface area contributed by atoms with Crippen LogP contribution in [0.15, 0.2) is 18.2 Å². The quantitative estimate of drug-likeness (QED) is 0.931. The van der Waals surface area contributed by atoms with Crippen LogP contribution in [0.25, 0.3) is 0 Å². The molecule has 2 heterocycles. The van der Waals surface area contributed by atoms with Crippen molar-refractivity contribution in [3.8, 4) is 5.75 Å². The van der Waals surface area contributed by atoms with Gasteiger partial charge in [0, 0.05) is 30.7 Å². The molecule has 2 atom stereocenters. The molecule has 110 valence electrons. The van der Waals surface area contributed by atoms with Crippen molar-refractivity contribution in [1.29, 1.82) is 0 Å². The standard InChI is InChI=1S/C15H20FNO2S/c16-13-3-1-2-11(9-17)14(13)19-12-4-6-18-15(8-12)5-7-20-10-15/h1-3,12H,4-10,17H2. The first-order valence-corrected chi connectivity index (χ1v) is 8.24. The molecule has 2 N–H and O–H groups in total. The summed E-state index contributed by atoms with van der Waals surface area (Å²) < 4.78 is 25.9. The Labute approximate surface area is 123 Å². The van der Waals surface area contributed by atoms with Gasteiger partial charge in [0.05, 0.1) is 12.2 Å². The molecule has 0 aliphatic carbocycles. The summed E-state index contributed by atoms with van der Waals surface area (Å²) >= 11 is 1.92. The first-order valence-electron chi connectivity index (χ1n) is 7.08. The van der Waals surface area contributed by atoms with Gasteiger partial charge in [-0.1, -0.05) is 12.1 Å². The van der Waals surface area contributed by atoms with Gasteiger partial charge < -0.3 is 15.2 Å². The minimum Gasteiger partial charge on any atom is -0.487 e. The highest BCUT2D eigenvalue weighted by Crippen LogP contribution is 2.39. The van der Waals surface area contributed by atoms with Crippen LogP contribution in [-0.2, 0) is 11.3 Å². The van der Waals surface area contributed by atoms with Gasteiger partial charge in [0.1, 0.15) is 6.10 Å². The van der Waals surface area contributed by atoms with E-state index in [4.69, 9.17) is 15.2 Å². The maximum Gasteiger partial charge on any atom is 0.165 e. The largest absolute Gasteiger partial charge is 0.487 e. The lowest BCUT2D eigenvalue weighted by Gasteiger charge is -2.37. The van der Waals surface area contributed by atoms with Crippen LogP contribution in [0.3, 0.4) is 0 Å². The Morgan fingerprint density at radius 2 is 2.40 bits per heavy atom. The van der Waals surface area contributed by atoms with E-state index in [0.717, 1.165) is 36.3 Å². The Balaban J connectivity index is 1.74. The van der Waals surface area contributed by atoms with Crippen molar-refractivity contribution in [1.82, 2.24) is 0 Å². The maximum atomic E-state index is 13.9. The third-order valence-electron chi connectivity index (χ3n) is 4.07.